The molecule has 8 heterocycles. The number of anilines is 2. The molecule has 4 saturated heterocycles. The van der Waals surface area contributed by atoms with Crippen LogP contribution >= 0.6 is 0 Å². The summed E-state index contributed by atoms with van der Waals surface area (Å²) in [6.07, 6.45) is 0.198. The van der Waals surface area contributed by atoms with E-state index in [1.807, 2.05) is 30.3 Å². The first-order valence-corrected chi connectivity index (χ1v) is 18.0. The van der Waals surface area contributed by atoms with Gasteiger partial charge in [0, 0.05) is 13.8 Å². The molecule has 0 aliphatic carbocycles. The lowest BCUT2D eigenvalue weighted by Crippen LogP contribution is -2.54. The predicted octanol–water partition coefficient (Wildman–Crippen LogP) is -0.890. The fourth-order valence-corrected chi connectivity index (χ4v) is 7.78. The highest BCUT2D eigenvalue weighted by Crippen LogP contribution is 2.48. The van der Waals surface area contributed by atoms with E-state index in [1.165, 1.54) is 26.5 Å². The number of carbonyl (C=O) groups is 2. The van der Waals surface area contributed by atoms with Crippen LogP contribution in [-0.2, 0) is 44.6 Å². The van der Waals surface area contributed by atoms with E-state index in [4.69, 9.17) is 34.2 Å². The van der Waals surface area contributed by atoms with Crippen LogP contribution in [0, 0.1) is 11.8 Å². The van der Waals surface area contributed by atoms with E-state index in [9.17, 15) is 29.4 Å². The molecule has 4 aromatic heterocycles. The third-order valence-electron chi connectivity index (χ3n) is 10.4. The molecule has 22 nitrogen and oxygen atoms in total. The Bertz CT molecular complexity index is 2420. The smallest absolute Gasteiger partial charge is 0.302 e. The van der Waals surface area contributed by atoms with Crippen molar-refractivity contribution >= 4 is 46.1 Å². The van der Waals surface area contributed by atoms with Crippen LogP contribution in [0.5, 0.6) is 0 Å². The number of imidazole rings is 2. The third-order valence-corrected chi connectivity index (χ3v) is 10.4. The minimum atomic E-state index is -1.17. The Kier molecular flexibility index (Phi) is 10.1. The number of nitrogens with two attached hydrogens (primary N) is 1. The minimum Gasteiger partial charge on any atom is -0.463 e. The van der Waals surface area contributed by atoms with Crippen LogP contribution in [0.25, 0.3) is 22.3 Å². The van der Waals surface area contributed by atoms with Gasteiger partial charge in [0.05, 0.1) is 70.2 Å². The lowest BCUT2D eigenvalue weighted by Gasteiger charge is -2.37. The molecule has 302 valence electrons. The van der Waals surface area contributed by atoms with Gasteiger partial charge in [0.1, 0.15) is 30.8 Å². The van der Waals surface area contributed by atoms with Crippen molar-refractivity contribution in [3.8, 4) is 0 Å². The first-order chi connectivity index (χ1) is 27.4. The van der Waals surface area contributed by atoms with E-state index in [-0.39, 0.29) is 79.1 Å². The zero-order chi connectivity index (χ0) is 40.1. The summed E-state index contributed by atoms with van der Waals surface area (Å²) < 4.78 is 38.5. The van der Waals surface area contributed by atoms with Gasteiger partial charge in [0.2, 0.25) is 17.8 Å². The summed E-state index contributed by atoms with van der Waals surface area (Å²) in [5.41, 5.74) is 4.11. The van der Waals surface area contributed by atoms with Gasteiger partial charge < -0.3 is 44.4 Å². The molecule has 7 N–H and O–H groups in total. The second-order valence-electron chi connectivity index (χ2n) is 14.3. The number of aliphatic hydroxyl groups excluding tert-OH is 2. The maximum absolute atomic E-state index is 12.5. The number of aromatic amines is 2. The number of carbonyl (C=O) groups excluding carboxylic acids is 2. The van der Waals surface area contributed by atoms with Crippen LogP contribution in [0.3, 0.4) is 0 Å². The number of rotatable bonds is 9. The Morgan fingerprint density at radius 3 is 2.19 bits per heavy atom. The van der Waals surface area contributed by atoms with Crippen LogP contribution in [0.15, 0.2) is 52.6 Å². The first kappa shape index (κ1) is 38.3. The molecule has 0 spiro atoms. The molecular weight excluding hydrogens is 752 g/mol. The number of amides is 1. The largest absolute Gasteiger partial charge is 0.463 e. The number of nitrogen functional groups attached to an aromatic ring is 1. The van der Waals surface area contributed by atoms with Crippen LogP contribution in [0.2, 0.25) is 0 Å². The first-order valence-electron chi connectivity index (χ1n) is 18.0. The lowest BCUT2D eigenvalue weighted by atomic mass is 9.88. The quantitative estimate of drug-likeness (QED) is 0.0987. The summed E-state index contributed by atoms with van der Waals surface area (Å²) in [6, 6.07) is 9.71. The highest BCUT2D eigenvalue weighted by Gasteiger charge is 2.61. The number of hydrogen-bond donors (Lipinski definition) is 6. The van der Waals surface area contributed by atoms with Crippen LogP contribution in [0.4, 0.5) is 11.9 Å². The van der Waals surface area contributed by atoms with E-state index in [0.717, 1.165) is 5.56 Å². The van der Waals surface area contributed by atoms with E-state index in [0.29, 0.717) is 13.2 Å². The Balaban J connectivity index is 0.000000177. The van der Waals surface area contributed by atoms with Gasteiger partial charge in [-0.25, -0.2) is 9.97 Å². The van der Waals surface area contributed by atoms with Gasteiger partial charge in [-0.3, -0.25) is 43.6 Å². The molecule has 0 saturated carbocycles. The molecule has 8 atom stereocenters. The Morgan fingerprint density at radius 1 is 0.930 bits per heavy atom. The van der Waals surface area contributed by atoms with Gasteiger partial charge in [0.15, 0.2) is 27.9 Å². The molecule has 1 aromatic carbocycles. The van der Waals surface area contributed by atoms with Crippen LogP contribution < -0.4 is 22.2 Å². The van der Waals surface area contributed by atoms with Crippen molar-refractivity contribution < 1.29 is 48.2 Å². The minimum absolute atomic E-state index is 0.000438. The zero-order valence-corrected chi connectivity index (χ0v) is 30.7. The van der Waals surface area contributed by atoms with Gasteiger partial charge in [-0.2, -0.15) is 9.97 Å². The Hall–Kier alpha value is -5.62. The van der Waals surface area contributed by atoms with Crippen molar-refractivity contribution in [2.24, 2.45) is 11.8 Å². The SMILES string of the molecule is CC(=O)Nc1nc2c(ncn2[C@H]2O[C@@]3(COC(C)=O)COCC2[C@H]3OCc2ccccc2)c(=O)[nH]1.Nc1nc2c(ncn2[C@H]2O[C@@]3(CO)COCC2[C@H]3O)c(=O)[nH]1. The van der Waals surface area contributed by atoms with Crippen molar-refractivity contribution in [3.63, 3.8) is 0 Å². The molecule has 9 rings (SSSR count). The highest BCUT2D eigenvalue weighted by atomic mass is 16.6. The Morgan fingerprint density at radius 2 is 1.54 bits per heavy atom. The molecule has 4 fully saturated rings. The predicted molar refractivity (Wildman–Crippen MR) is 194 cm³/mol. The van der Waals surface area contributed by atoms with E-state index in [1.54, 1.807) is 9.13 Å². The van der Waals surface area contributed by atoms with Crippen molar-refractivity contribution in [1.29, 1.82) is 0 Å². The Labute approximate surface area is 321 Å². The monoisotopic (exact) mass is 792 g/mol. The number of nitrogens with zero attached hydrogens (tertiary/aromatic N) is 6. The maximum Gasteiger partial charge on any atom is 0.302 e. The van der Waals surface area contributed by atoms with E-state index >= 15 is 0 Å². The summed E-state index contributed by atoms with van der Waals surface area (Å²) in [4.78, 5) is 69.1. The third kappa shape index (κ3) is 6.94. The number of esters is 1. The number of H-pyrrole nitrogens is 2. The molecule has 57 heavy (non-hydrogen) atoms. The molecule has 2 unspecified atom stereocenters. The number of hydrogen-bond acceptors (Lipinski definition) is 17. The standard InChI is InChI=1S/C23H25N5O7.C12H15N5O5/c1-13(29)25-22-26-19-17(20(31)27-22)24-12-28(19)21-16-9-32-10-23(35-21,11-34-14(2)30)18(16)33-8-15-6-4-3-5-7-15;13-11-15-8-6(9(20)16-11)14-4-17(8)10-5-1-21-3-12(2-18,22-10)7(5)19/h3-7,12,16,18,21H,8-11H2,1-2H3,(H2,25,26,27,29,31);4-5,7,10,18-19H,1-3H2,(H3,13,15,16,20)/t16?,18-,21+,23-;5?,7-,10+,12+/m11/s1. The molecule has 1 amide bonds. The number of benzene rings is 1. The molecule has 0 radical (unpaired) electrons. The number of aliphatic hydroxyl groups is 2. The number of aromatic nitrogens is 8. The summed E-state index contributed by atoms with van der Waals surface area (Å²) in [5.74, 6) is -1.58. The average Bonchev–Trinajstić information content (AvgIpc) is 3.87. The van der Waals surface area contributed by atoms with E-state index < -0.39 is 58.9 Å². The van der Waals surface area contributed by atoms with Crippen LogP contribution in [-0.4, -0.2) is 124 Å². The highest BCUT2D eigenvalue weighted by molar-refractivity contribution is 5.87. The van der Waals surface area contributed by atoms with Crippen molar-refractivity contribution in [1.82, 2.24) is 39.0 Å². The molecule has 4 aliphatic heterocycles. The molecule has 4 aliphatic rings. The van der Waals surface area contributed by atoms with E-state index in [2.05, 4.69) is 35.2 Å². The van der Waals surface area contributed by atoms with Crippen molar-refractivity contribution in [2.75, 3.05) is 50.7 Å². The normalized spacial score (nSPS) is 28.9. The molecule has 5 aromatic rings. The number of ether oxygens (including phenoxy) is 6. The molecule has 22 heteroatoms. The second-order valence-corrected chi connectivity index (χ2v) is 14.3. The summed E-state index contributed by atoms with van der Waals surface area (Å²) in [6.45, 7) is 3.37. The van der Waals surface area contributed by atoms with Crippen molar-refractivity contribution in [3.05, 3.63) is 69.3 Å². The number of nitrogens with one attached hydrogen (secondary N) is 3. The zero-order valence-electron chi connectivity index (χ0n) is 30.7. The van der Waals surface area contributed by atoms with Gasteiger partial charge >= 0.3 is 5.97 Å². The van der Waals surface area contributed by atoms with Crippen LogP contribution in [0.1, 0.15) is 31.9 Å². The molecular formula is C35H40N10O12. The fraction of sp³-hybridized carbons (Fsp3) is 0.486. The second kappa shape index (κ2) is 15.0. The number of fused-ring (bicyclic) bond motifs is 6. The van der Waals surface area contributed by atoms with Gasteiger partial charge in [-0.05, 0) is 5.56 Å². The van der Waals surface area contributed by atoms with Gasteiger partial charge in [-0.15, -0.1) is 0 Å². The molecule has 4 bridgehead atoms. The fourth-order valence-electron chi connectivity index (χ4n) is 7.78. The van der Waals surface area contributed by atoms with Gasteiger partial charge in [0.25, 0.3) is 11.1 Å². The summed E-state index contributed by atoms with van der Waals surface area (Å²) >= 11 is 0. The summed E-state index contributed by atoms with van der Waals surface area (Å²) in [7, 11) is 0. The lowest BCUT2D eigenvalue weighted by molar-refractivity contribution is -0.193. The maximum atomic E-state index is 12.5. The van der Waals surface area contributed by atoms with Crippen molar-refractivity contribution in [2.45, 2.75) is 56.3 Å². The van der Waals surface area contributed by atoms with Gasteiger partial charge in [-0.1, -0.05) is 30.3 Å². The topological polar surface area (TPSA) is 295 Å². The summed E-state index contributed by atoms with van der Waals surface area (Å²) in [5, 5.41) is 22.5. The average molecular weight is 793 g/mol.